The molecule has 0 aromatic rings. The molecule has 0 aliphatic heterocycles. The summed E-state index contributed by atoms with van der Waals surface area (Å²) in [6.45, 7) is 0. The first kappa shape index (κ1) is 10.4. The van der Waals surface area contributed by atoms with Crippen LogP contribution >= 0.6 is 0 Å². The van der Waals surface area contributed by atoms with Crippen LogP contribution in [0.3, 0.4) is 0 Å². The summed E-state index contributed by atoms with van der Waals surface area (Å²) in [5.74, 6) is 4.56. The van der Waals surface area contributed by atoms with E-state index in [0.717, 1.165) is 23.7 Å². The second kappa shape index (κ2) is 3.72. The molecule has 5 aliphatic rings. The summed E-state index contributed by atoms with van der Waals surface area (Å²) in [6, 6.07) is 3.36. The summed E-state index contributed by atoms with van der Waals surface area (Å²) in [5, 5.41) is 13.0. The van der Waals surface area contributed by atoms with Gasteiger partial charge in [0.25, 0.3) is 0 Å². The predicted molar refractivity (Wildman–Crippen MR) is 66.1 cm³/mol. The van der Waals surface area contributed by atoms with Crippen LogP contribution < -0.4 is 5.32 Å². The van der Waals surface area contributed by atoms with E-state index in [-0.39, 0.29) is 6.04 Å². The van der Waals surface area contributed by atoms with Crippen molar-refractivity contribution in [1.82, 2.24) is 5.32 Å². The van der Waals surface area contributed by atoms with Crippen molar-refractivity contribution in [2.24, 2.45) is 29.6 Å². The molecule has 0 saturated heterocycles. The van der Waals surface area contributed by atoms with E-state index in [1.165, 1.54) is 44.9 Å². The number of nitrogens with zero attached hydrogens (tertiary/aromatic N) is 1. The van der Waals surface area contributed by atoms with Gasteiger partial charge in [-0.05, 0) is 74.5 Å². The van der Waals surface area contributed by atoms with Crippen molar-refractivity contribution in [3.63, 3.8) is 0 Å². The number of nitriles is 1. The minimum atomic E-state index is 0.164. The van der Waals surface area contributed by atoms with Crippen molar-refractivity contribution in [3.05, 3.63) is 0 Å². The van der Waals surface area contributed by atoms with Gasteiger partial charge in [0.1, 0.15) is 0 Å². The van der Waals surface area contributed by atoms with Gasteiger partial charge in [-0.3, -0.25) is 5.32 Å². The van der Waals surface area contributed by atoms with Crippen LogP contribution in [0.15, 0.2) is 0 Å². The van der Waals surface area contributed by atoms with E-state index in [1.807, 2.05) is 0 Å². The van der Waals surface area contributed by atoms with Gasteiger partial charge in [0.2, 0.25) is 0 Å². The lowest BCUT2D eigenvalue weighted by Crippen LogP contribution is -2.56. The van der Waals surface area contributed by atoms with Gasteiger partial charge in [-0.25, -0.2) is 0 Å². The van der Waals surface area contributed by atoms with Gasteiger partial charge >= 0.3 is 0 Å². The van der Waals surface area contributed by atoms with Gasteiger partial charge in [-0.1, -0.05) is 0 Å². The van der Waals surface area contributed by atoms with Crippen molar-refractivity contribution < 1.29 is 0 Å². The summed E-state index contributed by atoms with van der Waals surface area (Å²) in [6.07, 6.45) is 9.88. The second-order valence-corrected chi connectivity index (χ2v) is 7.07. The standard InChI is InChI=1S/C15H22N2/c16-8-14(11-1-2-11)17-15-12-4-9-3-10(6-12)7-13(15)5-9/h9-15,17H,1-7H2. The Balaban J connectivity index is 1.49. The average molecular weight is 230 g/mol. The molecule has 0 amide bonds. The van der Waals surface area contributed by atoms with Crippen LogP contribution in [0.1, 0.15) is 44.9 Å². The first-order valence-corrected chi connectivity index (χ1v) is 7.49. The molecular formula is C15H22N2. The van der Waals surface area contributed by atoms with E-state index < -0.39 is 0 Å². The van der Waals surface area contributed by atoms with Gasteiger partial charge in [0.05, 0.1) is 12.1 Å². The average Bonchev–Trinajstić information content (AvgIpc) is 3.12. The minimum absolute atomic E-state index is 0.164. The lowest BCUT2D eigenvalue weighted by molar-refractivity contribution is -0.0163. The van der Waals surface area contributed by atoms with E-state index in [0.29, 0.717) is 12.0 Å². The molecule has 5 rings (SSSR count). The molecule has 4 bridgehead atoms. The minimum Gasteiger partial charge on any atom is -0.298 e. The van der Waals surface area contributed by atoms with Crippen LogP contribution in [0.5, 0.6) is 0 Å². The first-order chi connectivity index (χ1) is 8.33. The zero-order chi connectivity index (χ0) is 11.4. The molecule has 92 valence electrons. The summed E-state index contributed by atoms with van der Waals surface area (Å²) in [5.41, 5.74) is 0. The molecule has 0 heterocycles. The Labute approximate surface area is 104 Å². The van der Waals surface area contributed by atoms with Gasteiger partial charge in [-0.2, -0.15) is 5.26 Å². The van der Waals surface area contributed by atoms with E-state index in [1.54, 1.807) is 0 Å². The Morgan fingerprint density at radius 3 is 2.00 bits per heavy atom. The monoisotopic (exact) mass is 230 g/mol. The third-order valence-corrected chi connectivity index (χ3v) is 5.83. The molecule has 0 spiro atoms. The van der Waals surface area contributed by atoms with Crippen molar-refractivity contribution in [2.75, 3.05) is 0 Å². The van der Waals surface area contributed by atoms with Gasteiger partial charge in [-0.15, -0.1) is 0 Å². The fraction of sp³-hybridized carbons (Fsp3) is 0.933. The third-order valence-electron chi connectivity index (χ3n) is 5.83. The molecule has 0 aromatic heterocycles. The predicted octanol–water partition coefficient (Wildman–Crippen LogP) is 2.70. The summed E-state index contributed by atoms with van der Waals surface area (Å²) in [7, 11) is 0. The quantitative estimate of drug-likeness (QED) is 0.809. The van der Waals surface area contributed by atoms with E-state index in [2.05, 4.69) is 11.4 Å². The SMILES string of the molecule is N#CC(NC1C2CC3CC(C2)CC1C3)C1CC1. The zero-order valence-electron chi connectivity index (χ0n) is 10.4. The fourth-order valence-electron chi connectivity index (χ4n) is 5.11. The van der Waals surface area contributed by atoms with E-state index >= 15 is 0 Å². The van der Waals surface area contributed by atoms with Crippen molar-refractivity contribution >= 4 is 0 Å². The molecule has 1 N–H and O–H groups in total. The maximum atomic E-state index is 9.28. The molecule has 17 heavy (non-hydrogen) atoms. The third kappa shape index (κ3) is 1.71. The smallest absolute Gasteiger partial charge is 0.0983 e. The normalized spacial score (nSPS) is 49.0. The van der Waals surface area contributed by atoms with Gasteiger partial charge in [0.15, 0.2) is 0 Å². The molecule has 1 unspecified atom stereocenters. The molecule has 2 heteroatoms. The van der Waals surface area contributed by atoms with Crippen LogP contribution in [0.4, 0.5) is 0 Å². The molecule has 0 radical (unpaired) electrons. The highest BCUT2D eigenvalue weighted by atomic mass is 15.0. The zero-order valence-corrected chi connectivity index (χ0v) is 10.4. The summed E-state index contributed by atoms with van der Waals surface area (Å²) < 4.78 is 0. The van der Waals surface area contributed by atoms with Crippen LogP contribution in [-0.4, -0.2) is 12.1 Å². The van der Waals surface area contributed by atoms with E-state index in [4.69, 9.17) is 0 Å². The molecule has 0 aromatic carbocycles. The lowest BCUT2D eigenvalue weighted by atomic mass is 9.54. The number of rotatable bonds is 3. The summed E-state index contributed by atoms with van der Waals surface area (Å²) in [4.78, 5) is 0. The van der Waals surface area contributed by atoms with Crippen molar-refractivity contribution in [1.29, 1.82) is 5.26 Å². The number of hydrogen-bond acceptors (Lipinski definition) is 2. The number of hydrogen-bond donors (Lipinski definition) is 1. The molecule has 5 fully saturated rings. The van der Waals surface area contributed by atoms with Crippen LogP contribution in [0, 0.1) is 40.9 Å². The van der Waals surface area contributed by atoms with Crippen molar-refractivity contribution in [3.8, 4) is 6.07 Å². The fourth-order valence-corrected chi connectivity index (χ4v) is 5.11. The molecular weight excluding hydrogens is 208 g/mol. The molecule has 5 saturated carbocycles. The lowest BCUT2D eigenvalue weighted by Gasteiger charge is -2.55. The Bertz CT molecular complexity index is 324. The Morgan fingerprint density at radius 2 is 1.53 bits per heavy atom. The first-order valence-electron chi connectivity index (χ1n) is 7.49. The molecule has 2 nitrogen and oxygen atoms in total. The molecule has 5 aliphatic carbocycles. The van der Waals surface area contributed by atoms with Crippen LogP contribution in [0.25, 0.3) is 0 Å². The Kier molecular flexibility index (Phi) is 2.27. The Morgan fingerprint density at radius 1 is 0.941 bits per heavy atom. The summed E-state index contributed by atoms with van der Waals surface area (Å²) >= 11 is 0. The van der Waals surface area contributed by atoms with E-state index in [9.17, 15) is 5.26 Å². The highest BCUT2D eigenvalue weighted by molar-refractivity contribution is 5.07. The maximum Gasteiger partial charge on any atom is 0.0983 e. The van der Waals surface area contributed by atoms with Crippen LogP contribution in [-0.2, 0) is 0 Å². The van der Waals surface area contributed by atoms with Gasteiger partial charge < -0.3 is 0 Å². The second-order valence-electron chi connectivity index (χ2n) is 7.07. The topological polar surface area (TPSA) is 35.8 Å². The largest absolute Gasteiger partial charge is 0.298 e. The maximum absolute atomic E-state index is 9.28. The highest BCUT2D eigenvalue weighted by Crippen LogP contribution is 2.54. The van der Waals surface area contributed by atoms with Crippen molar-refractivity contribution in [2.45, 2.75) is 57.0 Å². The van der Waals surface area contributed by atoms with Crippen LogP contribution in [0.2, 0.25) is 0 Å². The Hall–Kier alpha value is -0.550. The van der Waals surface area contributed by atoms with Gasteiger partial charge in [0, 0.05) is 6.04 Å². The molecule has 1 atom stereocenters. The highest BCUT2D eigenvalue weighted by Gasteiger charge is 2.49. The number of nitrogens with one attached hydrogen (secondary N) is 1.